The van der Waals surface area contributed by atoms with Crippen LogP contribution in [0.25, 0.3) is 22.3 Å². The zero-order valence-electron chi connectivity index (χ0n) is 18.4. The summed E-state index contributed by atoms with van der Waals surface area (Å²) in [5, 5.41) is 50.5. The lowest BCUT2D eigenvalue weighted by molar-refractivity contribution is -0.272. The lowest BCUT2D eigenvalue weighted by Gasteiger charge is -2.38. The maximum atomic E-state index is 12.8. The van der Waals surface area contributed by atoms with Gasteiger partial charge < -0.3 is 48.9 Å². The van der Waals surface area contributed by atoms with E-state index in [1.54, 1.807) is 0 Å². The number of methoxy groups -OCH3 is 2. The summed E-state index contributed by atoms with van der Waals surface area (Å²) in [7, 11) is 2.23. The minimum Gasteiger partial charge on any atom is -0.508 e. The molecule has 0 aliphatic carbocycles. The molecule has 1 aliphatic rings. The number of carbonyl (C=O) groups is 1. The second-order valence-corrected chi connectivity index (χ2v) is 7.69. The molecule has 0 spiro atoms. The molecule has 5 atom stereocenters. The first kappa shape index (κ1) is 24.3. The normalized spacial score (nSPS) is 24.2. The third kappa shape index (κ3) is 4.35. The molecule has 0 unspecified atom stereocenters. The van der Waals surface area contributed by atoms with Crippen molar-refractivity contribution in [3.8, 4) is 34.3 Å². The maximum Gasteiger partial charge on any atom is 0.337 e. The van der Waals surface area contributed by atoms with Crippen molar-refractivity contribution in [1.82, 2.24) is 0 Å². The zero-order valence-corrected chi connectivity index (χ0v) is 18.4. The van der Waals surface area contributed by atoms with E-state index in [-0.39, 0.29) is 34.0 Å². The third-order valence-electron chi connectivity index (χ3n) is 5.51. The molecule has 1 aliphatic heterocycles. The van der Waals surface area contributed by atoms with Gasteiger partial charge in [0, 0.05) is 17.7 Å². The Bertz CT molecular complexity index is 1300. The maximum absolute atomic E-state index is 12.8. The minimum atomic E-state index is -1.84. The van der Waals surface area contributed by atoms with E-state index in [4.69, 9.17) is 18.6 Å². The van der Waals surface area contributed by atoms with Crippen molar-refractivity contribution in [2.45, 2.75) is 30.7 Å². The van der Waals surface area contributed by atoms with E-state index in [0.29, 0.717) is 5.56 Å². The molecular weight excluding hydrogens is 468 g/mol. The molecule has 1 aromatic heterocycles. The summed E-state index contributed by atoms with van der Waals surface area (Å²) >= 11 is 0. The number of aliphatic hydroxyl groups is 3. The number of hydrogen-bond donors (Lipinski definition) is 5. The molecule has 0 radical (unpaired) electrons. The van der Waals surface area contributed by atoms with Crippen molar-refractivity contribution in [1.29, 1.82) is 0 Å². The second-order valence-electron chi connectivity index (χ2n) is 7.69. The van der Waals surface area contributed by atoms with Crippen LogP contribution in [0, 0.1) is 0 Å². The molecule has 35 heavy (non-hydrogen) atoms. The van der Waals surface area contributed by atoms with E-state index in [1.165, 1.54) is 37.4 Å². The molecule has 3 aromatic rings. The van der Waals surface area contributed by atoms with E-state index in [1.807, 2.05) is 0 Å². The largest absolute Gasteiger partial charge is 0.508 e. The number of aliphatic hydroxyl groups excluding tert-OH is 3. The Morgan fingerprint density at radius 2 is 1.66 bits per heavy atom. The number of phenols is 2. The summed E-state index contributed by atoms with van der Waals surface area (Å²) < 4.78 is 26.4. The van der Waals surface area contributed by atoms with Gasteiger partial charge in [0.1, 0.15) is 40.8 Å². The minimum absolute atomic E-state index is 0.0126. The Morgan fingerprint density at radius 3 is 2.29 bits per heavy atom. The fraction of sp³-hybridized carbons (Fsp3) is 0.304. The standard InChI is InChI=1S/C23H22O12/c1-31-20-14(34-23-19(29)17(27)18(28)21(35-23)22(30)32-2)8-13-15(16(20)26)11(25)7-12(33-13)9-3-5-10(24)6-4-9/h3-8,17-19,21,23-24,26-29H,1-2H3/t17-,18-,19+,21-,23+/m1/s1. The van der Waals surface area contributed by atoms with Gasteiger partial charge in [0.2, 0.25) is 12.0 Å². The van der Waals surface area contributed by atoms with Gasteiger partial charge in [-0.1, -0.05) is 0 Å². The van der Waals surface area contributed by atoms with Gasteiger partial charge in [-0.2, -0.15) is 0 Å². The van der Waals surface area contributed by atoms with Crippen LogP contribution in [0.5, 0.6) is 23.0 Å². The van der Waals surface area contributed by atoms with Gasteiger partial charge in [-0.25, -0.2) is 4.79 Å². The van der Waals surface area contributed by atoms with Gasteiger partial charge in [-0.15, -0.1) is 0 Å². The SMILES string of the molecule is COC(=O)[C@@H]1O[C@H](Oc2cc3oc(-c4ccc(O)cc4)cc(=O)c3c(O)c2OC)[C@@H](O)[C@H](O)[C@H]1O. The van der Waals surface area contributed by atoms with Crippen LogP contribution < -0.4 is 14.9 Å². The smallest absolute Gasteiger partial charge is 0.337 e. The number of benzene rings is 2. The molecule has 186 valence electrons. The van der Waals surface area contributed by atoms with Gasteiger partial charge in [-0.05, 0) is 24.3 Å². The van der Waals surface area contributed by atoms with Gasteiger partial charge in [0.05, 0.1) is 14.2 Å². The van der Waals surface area contributed by atoms with Crippen LogP contribution in [-0.4, -0.2) is 76.4 Å². The topological polar surface area (TPSA) is 185 Å². The second kappa shape index (κ2) is 9.43. The molecule has 0 saturated carbocycles. The van der Waals surface area contributed by atoms with Gasteiger partial charge in [0.15, 0.2) is 23.0 Å². The highest BCUT2D eigenvalue weighted by Gasteiger charge is 2.48. The first-order chi connectivity index (χ1) is 16.7. The molecule has 5 N–H and O–H groups in total. The highest BCUT2D eigenvalue weighted by Crippen LogP contribution is 2.43. The van der Waals surface area contributed by atoms with Crippen molar-refractivity contribution < 1.29 is 53.7 Å². The molecule has 12 heteroatoms. The Hall–Kier alpha value is -3.84. The number of aromatic hydroxyl groups is 2. The van der Waals surface area contributed by atoms with Crippen molar-refractivity contribution in [3.63, 3.8) is 0 Å². The van der Waals surface area contributed by atoms with Crippen molar-refractivity contribution in [2.75, 3.05) is 14.2 Å². The predicted molar refractivity (Wildman–Crippen MR) is 117 cm³/mol. The highest BCUT2D eigenvalue weighted by atomic mass is 16.7. The average Bonchev–Trinajstić information content (AvgIpc) is 2.84. The van der Waals surface area contributed by atoms with Gasteiger partial charge >= 0.3 is 5.97 Å². The number of ether oxygens (including phenoxy) is 4. The van der Waals surface area contributed by atoms with E-state index < -0.39 is 47.9 Å². The Morgan fingerprint density at radius 1 is 0.971 bits per heavy atom. The van der Waals surface area contributed by atoms with Crippen LogP contribution in [0.2, 0.25) is 0 Å². The molecule has 0 bridgehead atoms. The summed E-state index contributed by atoms with van der Waals surface area (Å²) in [5.41, 5.74) is -0.261. The number of rotatable bonds is 5. The van der Waals surface area contributed by atoms with Crippen LogP contribution in [0.3, 0.4) is 0 Å². The zero-order chi connectivity index (χ0) is 25.4. The Labute approximate surface area is 197 Å². The Kier molecular flexibility index (Phi) is 6.54. The molecule has 4 rings (SSSR count). The van der Waals surface area contributed by atoms with E-state index in [9.17, 15) is 35.1 Å². The number of phenolic OH excluding ortho intramolecular Hbond substituents is 2. The van der Waals surface area contributed by atoms with Crippen LogP contribution in [0.4, 0.5) is 0 Å². The number of carbonyl (C=O) groups excluding carboxylic acids is 1. The highest BCUT2D eigenvalue weighted by molar-refractivity contribution is 5.89. The molecule has 1 saturated heterocycles. The third-order valence-corrected chi connectivity index (χ3v) is 5.51. The van der Waals surface area contributed by atoms with Crippen molar-refractivity contribution in [2.24, 2.45) is 0 Å². The lowest BCUT2D eigenvalue weighted by Crippen LogP contribution is -2.61. The van der Waals surface area contributed by atoms with Crippen molar-refractivity contribution >= 4 is 16.9 Å². The fourth-order valence-electron chi connectivity index (χ4n) is 3.70. The van der Waals surface area contributed by atoms with Gasteiger partial charge in [-0.3, -0.25) is 4.79 Å². The summed E-state index contributed by atoms with van der Waals surface area (Å²) in [5.74, 6) is -2.08. The summed E-state index contributed by atoms with van der Waals surface area (Å²) in [4.78, 5) is 24.7. The molecule has 1 fully saturated rings. The average molecular weight is 490 g/mol. The first-order valence-corrected chi connectivity index (χ1v) is 10.3. The monoisotopic (exact) mass is 490 g/mol. The Balaban J connectivity index is 1.78. The number of hydrogen-bond acceptors (Lipinski definition) is 12. The predicted octanol–water partition coefficient (Wildman–Crippen LogP) is 0.239. The molecule has 12 nitrogen and oxygen atoms in total. The number of esters is 1. The first-order valence-electron chi connectivity index (χ1n) is 10.3. The quantitative estimate of drug-likeness (QED) is 0.307. The fourth-order valence-corrected chi connectivity index (χ4v) is 3.70. The van der Waals surface area contributed by atoms with E-state index in [0.717, 1.165) is 13.2 Å². The summed E-state index contributed by atoms with van der Waals surface area (Å²) in [6.45, 7) is 0. The lowest BCUT2D eigenvalue weighted by atomic mass is 9.99. The van der Waals surface area contributed by atoms with Crippen LogP contribution >= 0.6 is 0 Å². The number of fused-ring (bicyclic) bond motifs is 1. The van der Waals surface area contributed by atoms with Crippen LogP contribution in [-0.2, 0) is 14.3 Å². The van der Waals surface area contributed by atoms with Crippen molar-refractivity contribution in [3.05, 3.63) is 46.6 Å². The van der Waals surface area contributed by atoms with Crippen LogP contribution in [0.15, 0.2) is 45.6 Å². The van der Waals surface area contributed by atoms with E-state index >= 15 is 0 Å². The van der Waals surface area contributed by atoms with E-state index in [2.05, 4.69) is 4.74 Å². The molecule has 2 heterocycles. The molecule has 2 aromatic carbocycles. The molecule has 0 amide bonds. The van der Waals surface area contributed by atoms with Gasteiger partial charge in [0.25, 0.3) is 0 Å². The van der Waals surface area contributed by atoms with Crippen LogP contribution in [0.1, 0.15) is 0 Å². The summed E-state index contributed by atoms with van der Waals surface area (Å²) in [6, 6.07) is 8.19. The molecular formula is C23H22O12. The summed E-state index contributed by atoms with van der Waals surface area (Å²) in [6.07, 6.45) is -8.84.